The fraction of sp³-hybridized carbons (Fsp3) is 1.00. The molecule has 58 valence electrons. The van der Waals surface area contributed by atoms with Crippen molar-refractivity contribution in [1.29, 1.82) is 0 Å². The van der Waals surface area contributed by atoms with Crippen LogP contribution in [-0.4, -0.2) is 25.3 Å². The molecule has 0 bridgehead atoms. The summed E-state index contributed by atoms with van der Waals surface area (Å²) < 4.78 is 0. The molecule has 0 aliphatic carbocycles. The maximum Gasteiger partial charge on any atom is 0.0555 e. The molecule has 2 N–H and O–H groups in total. The molecule has 0 amide bonds. The summed E-state index contributed by atoms with van der Waals surface area (Å²) in [6.45, 7) is 7.43. The van der Waals surface area contributed by atoms with Crippen LogP contribution >= 0.6 is 0 Å². The van der Waals surface area contributed by atoms with Gasteiger partial charge in [-0.25, -0.2) is 0 Å². The van der Waals surface area contributed by atoms with E-state index >= 15 is 0 Å². The lowest BCUT2D eigenvalue weighted by Crippen LogP contribution is -2.10. The first kappa shape index (κ1) is 11.7. The van der Waals surface area contributed by atoms with Crippen LogP contribution in [0.2, 0.25) is 0 Å². The molecule has 2 heteroatoms. The third-order valence-electron chi connectivity index (χ3n) is 0.362. The van der Waals surface area contributed by atoms with Crippen molar-refractivity contribution in [3.63, 3.8) is 0 Å². The van der Waals surface area contributed by atoms with Crippen LogP contribution in [0.15, 0.2) is 0 Å². The van der Waals surface area contributed by atoms with Crippen LogP contribution in [0.4, 0.5) is 0 Å². The van der Waals surface area contributed by atoms with Crippen molar-refractivity contribution in [2.24, 2.45) is 5.92 Å². The fourth-order valence-corrected chi connectivity index (χ4v) is 0.112. The van der Waals surface area contributed by atoms with E-state index in [0.29, 0.717) is 6.54 Å². The van der Waals surface area contributed by atoms with Gasteiger partial charge in [-0.2, -0.15) is 0 Å². The van der Waals surface area contributed by atoms with Crippen molar-refractivity contribution in [2.75, 3.05) is 20.2 Å². The largest absolute Gasteiger partial charge is 0.395 e. The molecule has 0 rings (SSSR count). The van der Waals surface area contributed by atoms with E-state index in [9.17, 15) is 0 Å². The Kier molecular flexibility index (Phi) is 14.0. The van der Waals surface area contributed by atoms with Gasteiger partial charge in [-0.1, -0.05) is 20.8 Å². The Morgan fingerprint density at radius 3 is 1.67 bits per heavy atom. The lowest BCUT2D eigenvalue weighted by Gasteiger charge is -1.84. The molecule has 0 aromatic heterocycles. The molecule has 0 aliphatic heterocycles. The van der Waals surface area contributed by atoms with Gasteiger partial charge in [-0.15, -0.1) is 0 Å². The summed E-state index contributed by atoms with van der Waals surface area (Å²) in [6.07, 6.45) is 0. The first-order chi connectivity index (χ1) is 4.15. The van der Waals surface area contributed by atoms with Crippen LogP contribution < -0.4 is 5.32 Å². The number of aliphatic hydroxyl groups excluding tert-OH is 1. The zero-order valence-electron chi connectivity index (χ0n) is 6.94. The summed E-state index contributed by atoms with van der Waals surface area (Å²) in [6, 6.07) is 0. The monoisotopic (exact) mass is 133 g/mol. The van der Waals surface area contributed by atoms with Gasteiger partial charge >= 0.3 is 0 Å². The van der Waals surface area contributed by atoms with Crippen molar-refractivity contribution >= 4 is 0 Å². The third kappa shape index (κ3) is 75.3. The molecule has 9 heavy (non-hydrogen) atoms. The topological polar surface area (TPSA) is 32.3 Å². The van der Waals surface area contributed by atoms with Gasteiger partial charge < -0.3 is 10.4 Å². The smallest absolute Gasteiger partial charge is 0.0555 e. The highest BCUT2D eigenvalue weighted by atomic mass is 16.3. The van der Waals surface area contributed by atoms with E-state index < -0.39 is 0 Å². The first-order valence-corrected chi connectivity index (χ1v) is 3.40. The standard InChI is InChI=1S/C4H10.C3H9NO/c1-4(2)3;1-4-2-3-5/h4H,1-3H3;4-5H,2-3H2,1H3. The molecule has 0 aromatic rings. The molecular formula is C7H19NO. The lowest BCUT2D eigenvalue weighted by molar-refractivity contribution is 0.296. The second-order valence-corrected chi connectivity index (χ2v) is 2.56. The second kappa shape index (κ2) is 10.8. The van der Waals surface area contributed by atoms with Gasteiger partial charge in [-0.3, -0.25) is 0 Å². The third-order valence-corrected chi connectivity index (χ3v) is 0.362. The Morgan fingerprint density at radius 2 is 1.67 bits per heavy atom. The van der Waals surface area contributed by atoms with E-state index in [4.69, 9.17) is 5.11 Å². The van der Waals surface area contributed by atoms with E-state index in [1.165, 1.54) is 0 Å². The highest BCUT2D eigenvalue weighted by Gasteiger charge is 1.68. The average molecular weight is 133 g/mol. The SMILES string of the molecule is CC(C)C.CNCCO. The molecule has 0 aromatic carbocycles. The van der Waals surface area contributed by atoms with E-state index in [-0.39, 0.29) is 6.61 Å². The number of hydrogen-bond donors (Lipinski definition) is 2. The van der Waals surface area contributed by atoms with Gasteiger partial charge in [-0.05, 0) is 13.0 Å². The van der Waals surface area contributed by atoms with Crippen LogP contribution in [0.25, 0.3) is 0 Å². The molecule has 0 saturated carbocycles. The van der Waals surface area contributed by atoms with E-state index in [2.05, 4.69) is 26.1 Å². The normalized spacial score (nSPS) is 8.67. The maximum atomic E-state index is 8.00. The zero-order chi connectivity index (χ0) is 7.70. The van der Waals surface area contributed by atoms with Crippen LogP contribution in [0.1, 0.15) is 20.8 Å². The van der Waals surface area contributed by atoms with Crippen molar-refractivity contribution in [1.82, 2.24) is 5.32 Å². The van der Waals surface area contributed by atoms with E-state index in [0.717, 1.165) is 5.92 Å². The van der Waals surface area contributed by atoms with Gasteiger partial charge in [0.15, 0.2) is 0 Å². The number of hydrogen-bond acceptors (Lipinski definition) is 2. The Labute approximate surface area is 58.3 Å². The highest BCUT2D eigenvalue weighted by molar-refractivity contribution is 4.27. The molecule has 0 aliphatic rings. The van der Waals surface area contributed by atoms with Crippen molar-refractivity contribution in [3.8, 4) is 0 Å². The van der Waals surface area contributed by atoms with Gasteiger partial charge in [0.2, 0.25) is 0 Å². The minimum absolute atomic E-state index is 0.233. The molecule has 0 fully saturated rings. The molecule has 0 spiro atoms. The Balaban J connectivity index is 0. The Hall–Kier alpha value is -0.0800. The predicted octanol–water partition coefficient (Wildman–Crippen LogP) is 0.860. The molecular weight excluding hydrogens is 114 g/mol. The molecule has 0 radical (unpaired) electrons. The molecule has 0 saturated heterocycles. The number of rotatable bonds is 2. The van der Waals surface area contributed by atoms with Crippen molar-refractivity contribution in [2.45, 2.75) is 20.8 Å². The molecule has 0 unspecified atom stereocenters. The van der Waals surface area contributed by atoms with Crippen LogP contribution in [0.3, 0.4) is 0 Å². The first-order valence-electron chi connectivity index (χ1n) is 3.40. The minimum Gasteiger partial charge on any atom is -0.395 e. The zero-order valence-corrected chi connectivity index (χ0v) is 6.94. The summed E-state index contributed by atoms with van der Waals surface area (Å²) in [7, 11) is 1.80. The summed E-state index contributed by atoms with van der Waals surface area (Å²) in [4.78, 5) is 0. The quantitative estimate of drug-likeness (QED) is 0.585. The van der Waals surface area contributed by atoms with E-state index in [1.54, 1.807) is 7.05 Å². The van der Waals surface area contributed by atoms with Crippen LogP contribution in [0.5, 0.6) is 0 Å². The van der Waals surface area contributed by atoms with Gasteiger partial charge in [0.05, 0.1) is 6.61 Å². The fourth-order valence-electron chi connectivity index (χ4n) is 0.112. The van der Waals surface area contributed by atoms with E-state index in [1.807, 2.05) is 0 Å². The van der Waals surface area contributed by atoms with Gasteiger partial charge in [0.1, 0.15) is 0 Å². The van der Waals surface area contributed by atoms with Crippen molar-refractivity contribution in [3.05, 3.63) is 0 Å². The Bertz CT molecular complexity index is 33.1. The summed E-state index contributed by atoms with van der Waals surface area (Å²) in [5.74, 6) is 0.833. The molecule has 0 heterocycles. The number of aliphatic hydroxyl groups is 1. The number of nitrogens with one attached hydrogen (secondary N) is 1. The average Bonchev–Trinajstić information content (AvgIpc) is 1.66. The van der Waals surface area contributed by atoms with Gasteiger partial charge in [0.25, 0.3) is 0 Å². The Morgan fingerprint density at radius 1 is 1.33 bits per heavy atom. The highest BCUT2D eigenvalue weighted by Crippen LogP contribution is 1.81. The second-order valence-electron chi connectivity index (χ2n) is 2.56. The van der Waals surface area contributed by atoms with Crippen LogP contribution in [0, 0.1) is 5.92 Å². The van der Waals surface area contributed by atoms with Crippen LogP contribution in [-0.2, 0) is 0 Å². The van der Waals surface area contributed by atoms with Gasteiger partial charge in [0, 0.05) is 6.54 Å². The maximum absolute atomic E-state index is 8.00. The molecule has 2 nitrogen and oxygen atoms in total. The lowest BCUT2D eigenvalue weighted by atomic mass is 10.3. The molecule has 0 atom stereocenters. The summed E-state index contributed by atoms with van der Waals surface area (Å²) >= 11 is 0. The summed E-state index contributed by atoms with van der Waals surface area (Å²) in [5, 5.41) is 10.8. The van der Waals surface area contributed by atoms with Crippen molar-refractivity contribution < 1.29 is 5.11 Å². The number of likely N-dealkylation sites (N-methyl/N-ethyl adjacent to an activating group) is 1. The summed E-state index contributed by atoms with van der Waals surface area (Å²) in [5.41, 5.74) is 0. The predicted molar refractivity (Wildman–Crippen MR) is 41.5 cm³/mol. The minimum atomic E-state index is 0.233.